The Bertz CT molecular complexity index is 931. The Morgan fingerprint density at radius 2 is 0.583 bits per heavy atom. The van der Waals surface area contributed by atoms with Crippen LogP contribution in [0, 0.1) is 0 Å². The molecule has 0 rings (SSSR count). The predicted molar refractivity (Wildman–Crippen MR) is 256 cm³/mol. The lowest BCUT2D eigenvalue weighted by Crippen LogP contribution is -2.30. The van der Waals surface area contributed by atoms with Crippen molar-refractivity contribution in [2.45, 2.75) is 303 Å². The molecule has 354 valence electrons. The summed E-state index contributed by atoms with van der Waals surface area (Å²) in [5, 5.41) is 0. The van der Waals surface area contributed by atoms with E-state index in [9.17, 15) is 14.4 Å². The van der Waals surface area contributed by atoms with Crippen LogP contribution in [0.5, 0.6) is 0 Å². The fourth-order valence-electron chi connectivity index (χ4n) is 7.98. The number of rotatable bonds is 49. The molecule has 0 amide bonds. The standard InChI is InChI=1S/C54H102O6/c1-4-7-10-13-16-19-22-24-26-28-30-32-35-38-41-44-47-53(56)59-50-51(49-58-52(55)46-43-40-37-34-21-18-15-12-9-6-3)60-54(57)48-45-42-39-36-33-31-29-27-25-23-20-17-14-11-8-5-2/h12,15,51H,4-11,13-14,16-50H2,1-3H3/b15-12-. The van der Waals surface area contributed by atoms with Gasteiger partial charge in [0.05, 0.1) is 0 Å². The first-order valence-corrected chi connectivity index (χ1v) is 26.7. The molecule has 6 nitrogen and oxygen atoms in total. The van der Waals surface area contributed by atoms with Crippen LogP contribution in [0.2, 0.25) is 0 Å². The van der Waals surface area contributed by atoms with Gasteiger partial charge in [-0.25, -0.2) is 0 Å². The second kappa shape index (κ2) is 49.8. The summed E-state index contributed by atoms with van der Waals surface area (Å²) in [6.07, 6.45) is 54.8. The fraction of sp³-hybridized carbons (Fsp3) is 0.907. The first kappa shape index (κ1) is 58.1. The first-order chi connectivity index (χ1) is 29.5. The number of carbonyl (C=O) groups excluding carboxylic acids is 3. The molecule has 0 aromatic carbocycles. The summed E-state index contributed by atoms with van der Waals surface area (Å²) in [4.78, 5) is 37.9. The molecule has 0 radical (unpaired) electrons. The maximum absolute atomic E-state index is 12.8. The van der Waals surface area contributed by atoms with Crippen molar-refractivity contribution in [2.75, 3.05) is 13.2 Å². The molecule has 0 fully saturated rings. The van der Waals surface area contributed by atoms with Gasteiger partial charge in [0.15, 0.2) is 6.10 Å². The third kappa shape index (κ3) is 47.2. The summed E-state index contributed by atoms with van der Waals surface area (Å²) in [5.41, 5.74) is 0. The van der Waals surface area contributed by atoms with E-state index in [1.54, 1.807) is 0 Å². The molecular weight excluding hydrogens is 745 g/mol. The summed E-state index contributed by atoms with van der Waals surface area (Å²) < 4.78 is 16.8. The Kier molecular flexibility index (Phi) is 48.3. The average molecular weight is 847 g/mol. The molecule has 0 aromatic rings. The van der Waals surface area contributed by atoms with Gasteiger partial charge in [0, 0.05) is 19.3 Å². The molecule has 0 spiro atoms. The van der Waals surface area contributed by atoms with Gasteiger partial charge in [-0.2, -0.15) is 0 Å². The molecule has 0 bridgehead atoms. The minimum absolute atomic E-state index is 0.0671. The van der Waals surface area contributed by atoms with E-state index in [-0.39, 0.29) is 31.1 Å². The summed E-state index contributed by atoms with van der Waals surface area (Å²) in [6, 6.07) is 0. The van der Waals surface area contributed by atoms with Crippen molar-refractivity contribution < 1.29 is 28.6 Å². The monoisotopic (exact) mass is 847 g/mol. The molecule has 0 saturated carbocycles. The Hall–Kier alpha value is -1.85. The van der Waals surface area contributed by atoms with Crippen molar-refractivity contribution in [3.8, 4) is 0 Å². The van der Waals surface area contributed by atoms with Crippen LogP contribution in [0.15, 0.2) is 12.2 Å². The van der Waals surface area contributed by atoms with Gasteiger partial charge in [-0.05, 0) is 38.5 Å². The largest absolute Gasteiger partial charge is 0.462 e. The number of carbonyl (C=O) groups is 3. The lowest BCUT2D eigenvalue weighted by molar-refractivity contribution is -0.167. The predicted octanol–water partition coefficient (Wildman–Crippen LogP) is 17.4. The van der Waals surface area contributed by atoms with Gasteiger partial charge in [0.25, 0.3) is 0 Å². The zero-order chi connectivity index (χ0) is 43.7. The Morgan fingerprint density at radius 3 is 0.900 bits per heavy atom. The fourth-order valence-corrected chi connectivity index (χ4v) is 7.98. The van der Waals surface area contributed by atoms with Crippen molar-refractivity contribution in [3.05, 3.63) is 12.2 Å². The van der Waals surface area contributed by atoms with E-state index in [4.69, 9.17) is 14.2 Å². The SMILES string of the molecule is CCC/C=C\CCCCCCCC(=O)OCC(COC(=O)CCCCCCCCCCCCCCCCCC)OC(=O)CCCCCCCCCCCCCCCCCC. The zero-order valence-electron chi connectivity index (χ0n) is 40.5. The van der Waals surface area contributed by atoms with Crippen molar-refractivity contribution in [1.82, 2.24) is 0 Å². The minimum atomic E-state index is -0.766. The summed E-state index contributed by atoms with van der Waals surface area (Å²) in [6.45, 7) is 6.61. The van der Waals surface area contributed by atoms with E-state index in [0.717, 1.165) is 70.6 Å². The highest BCUT2D eigenvalue weighted by molar-refractivity contribution is 5.71. The highest BCUT2D eigenvalue weighted by atomic mass is 16.6. The molecule has 0 heterocycles. The number of hydrogen-bond acceptors (Lipinski definition) is 6. The number of unbranched alkanes of at least 4 members (excludes halogenated alkanes) is 36. The van der Waals surface area contributed by atoms with Crippen molar-refractivity contribution in [3.63, 3.8) is 0 Å². The maximum Gasteiger partial charge on any atom is 0.306 e. The first-order valence-electron chi connectivity index (χ1n) is 26.7. The number of allylic oxidation sites excluding steroid dienone is 2. The topological polar surface area (TPSA) is 78.9 Å². The van der Waals surface area contributed by atoms with Gasteiger partial charge >= 0.3 is 17.9 Å². The van der Waals surface area contributed by atoms with Crippen molar-refractivity contribution >= 4 is 17.9 Å². The molecule has 0 saturated heterocycles. The van der Waals surface area contributed by atoms with E-state index >= 15 is 0 Å². The smallest absolute Gasteiger partial charge is 0.306 e. The summed E-state index contributed by atoms with van der Waals surface area (Å²) >= 11 is 0. The molecule has 6 heteroatoms. The Balaban J connectivity index is 4.28. The van der Waals surface area contributed by atoms with Crippen LogP contribution in [0.1, 0.15) is 297 Å². The Morgan fingerprint density at radius 1 is 0.317 bits per heavy atom. The molecule has 0 aromatic heterocycles. The van der Waals surface area contributed by atoms with Gasteiger partial charge in [-0.3, -0.25) is 14.4 Å². The normalized spacial score (nSPS) is 12.0. The van der Waals surface area contributed by atoms with E-state index in [1.165, 1.54) is 186 Å². The summed E-state index contributed by atoms with van der Waals surface area (Å²) in [7, 11) is 0. The molecule has 1 atom stereocenters. The lowest BCUT2D eigenvalue weighted by atomic mass is 10.0. The number of esters is 3. The molecule has 0 N–H and O–H groups in total. The van der Waals surface area contributed by atoms with Crippen LogP contribution < -0.4 is 0 Å². The van der Waals surface area contributed by atoms with Crippen LogP contribution in [0.4, 0.5) is 0 Å². The van der Waals surface area contributed by atoms with Gasteiger partial charge in [0.1, 0.15) is 13.2 Å². The van der Waals surface area contributed by atoms with E-state index in [2.05, 4.69) is 32.9 Å². The molecule has 1 unspecified atom stereocenters. The van der Waals surface area contributed by atoms with Crippen LogP contribution in [0.3, 0.4) is 0 Å². The molecule has 0 aliphatic heterocycles. The van der Waals surface area contributed by atoms with Crippen molar-refractivity contribution in [1.29, 1.82) is 0 Å². The Labute approximate surface area is 373 Å². The van der Waals surface area contributed by atoms with Gasteiger partial charge in [-0.15, -0.1) is 0 Å². The van der Waals surface area contributed by atoms with Crippen LogP contribution in [-0.4, -0.2) is 37.2 Å². The van der Waals surface area contributed by atoms with Gasteiger partial charge in [0.2, 0.25) is 0 Å². The molecule has 60 heavy (non-hydrogen) atoms. The zero-order valence-corrected chi connectivity index (χ0v) is 40.5. The highest BCUT2D eigenvalue weighted by Gasteiger charge is 2.19. The van der Waals surface area contributed by atoms with Crippen LogP contribution in [0.25, 0.3) is 0 Å². The van der Waals surface area contributed by atoms with E-state index < -0.39 is 6.10 Å². The molecule has 0 aliphatic rings. The number of hydrogen-bond donors (Lipinski definition) is 0. The van der Waals surface area contributed by atoms with E-state index in [0.29, 0.717) is 19.3 Å². The van der Waals surface area contributed by atoms with E-state index in [1.807, 2.05) is 0 Å². The highest BCUT2D eigenvalue weighted by Crippen LogP contribution is 2.17. The third-order valence-electron chi connectivity index (χ3n) is 12.0. The third-order valence-corrected chi connectivity index (χ3v) is 12.0. The second-order valence-electron chi connectivity index (χ2n) is 18.2. The molecular formula is C54H102O6. The maximum atomic E-state index is 12.8. The summed E-state index contributed by atoms with van der Waals surface area (Å²) in [5.74, 6) is -0.859. The molecule has 0 aliphatic carbocycles. The number of ether oxygens (including phenoxy) is 3. The van der Waals surface area contributed by atoms with Crippen LogP contribution >= 0.6 is 0 Å². The van der Waals surface area contributed by atoms with Gasteiger partial charge < -0.3 is 14.2 Å². The average Bonchev–Trinajstić information content (AvgIpc) is 3.24. The van der Waals surface area contributed by atoms with Crippen LogP contribution in [-0.2, 0) is 28.6 Å². The second-order valence-corrected chi connectivity index (χ2v) is 18.2. The quantitative estimate of drug-likeness (QED) is 0.0263. The van der Waals surface area contributed by atoms with Crippen molar-refractivity contribution in [2.24, 2.45) is 0 Å². The van der Waals surface area contributed by atoms with Gasteiger partial charge in [-0.1, -0.05) is 251 Å². The minimum Gasteiger partial charge on any atom is -0.462 e. The lowest BCUT2D eigenvalue weighted by Gasteiger charge is -2.18.